The average Bonchev–Trinajstić information content (AvgIpc) is 2.95. The fraction of sp³-hybridized carbons (Fsp3) is 0.333. The molecule has 1 aromatic heterocycles. The summed E-state index contributed by atoms with van der Waals surface area (Å²) in [5.74, 6) is -0.307. The summed E-state index contributed by atoms with van der Waals surface area (Å²) >= 11 is 1.49. The number of likely N-dealkylation sites (N-methyl/N-ethyl adjacent to an activating group) is 1. The van der Waals surface area contributed by atoms with Gasteiger partial charge in [0.2, 0.25) is 0 Å². The molecule has 0 unspecified atom stereocenters. The summed E-state index contributed by atoms with van der Waals surface area (Å²) in [6.07, 6.45) is 0.896. The number of non-ortho nitro benzene ring substituents is 1. The normalized spacial score (nSPS) is 13.7. The van der Waals surface area contributed by atoms with Crippen molar-refractivity contribution in [3.05, 3.63) is 50.5 Å². The van der Waals surface area contributed by atoms with Gasteiger partial charge >= 0.3 is 0 Å². The van der Waals surface area contributed by atoms with Gasteiger partial charge in [0.15, 0.2) is 5.13 Å². The smallest absolute Gasteiger partial charge is 0.269 e. The summed E-state index contributed by atoms with van der Waals surface area (Å²) in [6, 6.07) is 5.53. The highest BCUT2D eigenvalue weighted by molar-refractivity contribution is 7.15. The summed E-state index contributed by atoms with van der Waals surface area (Å²) in [6.45, 7) is 4.99. The molecule has 2 aromatic rings. The van der Waals surface area contributed by atoms with Gasteiger partial charge < -0.3 is 0 Å². The van der Waals surface area contributed by atoms with Gasteiger partial charge in [-0.25, -0.2) is 4.98 Å². The highest BCUT2D eigenvalue weighted by atomic mass is 35.5. The van der Waals surface area contributed by atoms with Crippen LogP contribution in [0.2, 0.25) is 0 Å². The number of nitrogens with one attached hydrogen (secondary N) is 1. The van der Waals surface area contributed by atoms with Crippen LogP contribution >= 0.6 is 23.7 Å². The molecule has 1 aromatic carbocycles. The second kappa shape index (κ2) is 7.69. The molecule has 0 fully saturated rings. The third kappa shape index (κ3) is 3.89. The topological polar surface area (TPSA) is 88.4 Å². The lowest BCUT2D eigenvalue weighted by Crippen LogP contribution is -2.29. The Hall–Kier alpha value is -2.03. The maximum atomic E-state index is 12.2. The number of nitro groups is 1. The molecule has 7 nitrogen and oxygen atoms in total. The molecular formula is C15H17ClN4O3S. The van der Waals surface area contributed by atoms with Gasteiger partial charge in [-0.05, 0) is 18.7 Å². The lowest BCUT2D eigenvalue weighted by atomic mass is 10.2. The monoisotopic (exact) mass is 368 g/mol. The number of thiazole rings is 1. The molecule has 0 saturated carbocycles. The number of amides is 1. The molecule has 24 heavy (non-hydrogen) atoms. The van der Waals surface area contributed by atoms with Crippen molar-refractivity contribution < 1.29 is 9.72 Å². The molecule has 0 atom stereocenters. The molecule has 1 aliphatic heterocycles. The van der Waals surface area contributed by atoms with E-state index in [0.717, 1.165) is 31.7 Å². The summed E-state index contributed by atoms with van der Waals surface area (Å²) < 4.78 is 0. The van der Waals surface area contributed by atoms with Gasteiger partial charge in [-0.1, -0.05) is 6.92 Å². The highest BCUT2D eigenvalue weighted by Crippen LogP contribution is 2.28. The number of nitro benzene ring substituents is 1. The Labute approximate surface area is 149 Å². The number of rotatable bonds is 4. The predicted molar refractivity (Wildman–Crippen MR) is 95.1 cm³/mol. The van der Waals surface area contributed by atoms with E-state index in [9.17, 15) is 14.9 Å². The van der Waals surface area contributed by atoms with Gasteiger partial charge in [-0.2, -0.15) is 0 Å². The fourth-order valence-electron chi connectivity index (χ4n) is 2.48. The number of benzene rings is 1. The average molecular weight is 369 g/mol. The number of hydrogen-bond acceptors (Lipinski definition) is 6. The summed E-state index contributed by atoms with van der Waals surface area (Å²) in [5.41, 5.74) is 1.39. The van der Waals surface area contributed by atoms with Crippen LogP contribution < -0.4 is 5.32 Å². The first-order chi connectivity index (χ1) is 11.1. The molecule has 0 saturated heterocycles. The Morgan fingerprint density at radius 3 is 2.75 bits per heavy atom. The zero-order valence-electron chi connectivity index (χ0n) is 13.0. The molecule has 9 heteroatoms. The van der Waals surface area contributed by atoms with Crippen molar-refractivity contribution in [2.24, 2.45) is 0 Å². The third-order valence-electron chi connectivity index (χ3n) is 3.82. The lowest BCUT2D eigenvalue weighted by molar-refractivity contribution is -0.384. The van der Waals surface area contributed by atoms with Crippen molar-refractivity contribution >= 4 is 40.5 Å². The minimum atomic E-state index is -0.490. The van der Waals surface area contributed by atoms with Gasteiger partial charge in [0.05, 0.1) is 10.6 Å². The van der Waals surface area contributed by atoms with Crippen LogP contribution in [0.15, 0.2) is 24.3 Å². The van der Waals surface area contributed by atoms with Crippen molar-refractivity contribution in [3.63, 3.8) is 0 Å². The molecule has 1 amide bonds. The third-order valence-corrected chi connectivity index (χ3v) is 4.82. The molecule has 1 N–H and O–H groups in total. The van der Waals surface area contributed by atoms with E-state index in [1.807, 2.05) is 0 Å². The highest BCUT2D eigenvalue weighted by Gasteiger charge is 2.20. The lowest BCUT2D eigenvalue weighted by Gasteiger charge is -2.23. The van der Waals surface area contributed by atoms with Crippen LogP contribution in [0.25, 0.3) is 0 Å². The van der Waals surface area contributed by atoms with E-state index < -0.39 is 4.92 Å². The van der Waals surface area contributed by atoms with Crippen molar-refractivity contribution in [2.75, 3.05) is 18.4 Å². The zero-order valence-corrected chi connectivity index (χ0v) is 14.7. The Kier molecular flexibility index (Phi) is 5.87. The number of nitrogens with zero attached hydrogens (tertiary/aromatic N) is 3. The molecule has 0 spiro atoms. The molecule has 128 valence electrons. The van der Waals surface area contributed by atoms with E-state index in [-0.39, 0.29) is 24.0 Å². The van der Waals surface area contributed by atoms with E-state index in [2.05, 4.69) is 22.1 Å². The van der Waals surface area contributed by atoms with Crippen LogP contribution in [0, 0.1) is 10.1 Å². The van der Waals surface area contributed by atoms with E-state index >= 15 is 0 Å². The summed E-state index contributed by atoms with van der Waals surface area (Å²) in [4.78, 5) is 30.4. The molecule has 2 heterocycles. The summed E-state index contributed by atoms with van der Waals surface area (Å²) in [7, 11) is 0. The quantitative estimate of drug-likeness (QED) is 0.661. The van der Waals surface area contributed by atoms with E-state index in [1.165, 1.54) is 40.5 Å². The number of hydrogen-bond donors (Lipinski definition) is 1. The maximum absolute atomic E-state index is 12.2. The van der Waals surface area contributed by atoms with Gasteiger partial charge in [0.1, 0.15) is 0 Å². The number of carbonyl (C=O) groups excluding carboxylic acids is 1. The molecule has 3 rings (SSSR count). The number of halogens is 1. The van der Waals surface area contributed by atoms with E-state index in [1.54, 1.807) is 0 Å². The second-order valence-electron chi connectivity index (χ2n) is 5.27. The van der Waals surface area contributed by atoms with Crippen LogP contribution in [-0.4, -0.2) is 33.8 Å². The number of fused-ring (bicyclic) bond motifs is 1. The van der Waals surface area contributed by atoms with Crippen molar-refractivity contribution in [1.29, 1.82) is 0 Å². The van der Waals surface area contributed by atoms with Crippen LogP contribution in [0.1, 0.15) is 27.9 Å². The van der Waals surface area contributed by atoms with Crippen LogP contribution in [0.4, 0.5) is 10.8 Å². The minimum absolute atomic E-state index is 0. The van der Waals surface area contributed by atoms with E-state index in [4.69, 9.17) is 0 Å². The standard InChI is InChI=1S/C15H16N4O3S.ClH/c1-2-18-8-7-12-13(9-18)23-15(16-12)17-14(20)10-3-5-11(6-4-10)19(21)22;/h3-6H,2,7-9H2,1H3,(H,16,17,20);1H. The van der Waals surface area contributed by atoms with Gasteiger partial charge in [-0.15, -0.1) is 23.7 Å². The second-order valence-corrected chi connectivity index (χ2v) is 6.35. The van der Waals surface area contributed by atoms with E-state index in [0.29, 0.717) is 10.7 Å². The number of anilines is 1. The van der Waals surface area contributed by atoms with Crippen molar-refractivity contribution in [2.45, 2.75) is 19.9 Å². The Bertz CT molecular complexity index is 748. The first-order valence-corrected chi connectivity index (χ1v) is 8.15. The van der Waals surface area contributed by atoms with Gasteiger partial charge in [0.25, 0.3) is 11.6 Å². The molecule has 1 aliphatic rings. The van der Waals surface area contributed by atoms with Gasteiger partial charge in [0, 0.05) is 42.1 Å². The predicted octanol–water partition coefficient (Wildman–Crippen LogP) is 3.10. The maximum Gasteiger partial charge on any atom is 0.269 e. The zero-order chi connectivity index (χ0) is 16.4. The molecule has 0 radical (unpaired) electrons. The minimum Gasteiger partial charge on any atom is -0.298 e. The largest absolute Gasteiger partial charge is 0.298 e. The first kappa shape index (κ1) is 18.3. The van der Waals surface area contributed by atoms with Crippen LogP contribution in [0.5, 0.6) is 0 Å². The fourth-order valence-corrected chi connectivity index (χ4v) is 3.52. The Morgan fingerprint density at radius 1 is 1.42 bits per heavy atom. The first-order valence-electron chi connectivity index (χ1n) is 7.33. The van der Waals surface area contributed by atoms with Crippen molar-refractivity contribution in [1.82, 2.24) is 9.88 Å². The molecule has 0 aliphatic carbocycles. The Morgan fingerprint density at radius 2 is 2.12 bits per heavy atom. The summed E-state index contributed by atoms with van der Waals surface area (Å²) in [5, 5.41) is 14.0. The SMILES string of the molecule is CCN1CCc2nc(NC(=O)c3ccc([N+](=O)[O-])cc3)sc2C1.Cl. The number of carbonyl (C=O) groups is 1. The van der Waals surface area contributed by atoms with Crippen molar-refractivity contribution in [3.8, 4) is 0 Å². The Balaban J connectivity index is 0.00000208. The van der Waals surface area contributed by atoms with Crippen LogP contribution in [0.3, 0.4) is 0 Å². The van der Waals surface area contributed by atoms with Gasteiger partial charge in [-0.3, -0.25) is 25.1 Å². The number of aromatic nitrogens is 1. The molecular weight excluding hydrogens is 352 g/mol. The molecule has 0 bridgehead atoms. The van der Waals surface area contributed by atoms with Crippen LogP contribution in [-0.2, 0) is 13.0 Å².